The summed E-state index contributed by atoms with van der Waals surface area (Å²) < 4.78 is 0. The molecule has 0 aliphatic carbocycles. The van der Waals surface area contributed by atoms with Gasteiger partial charge in [-0.25, -0.2) is 4.99 Å². The van der Waals surface area contributed by atoms with Crippen LogP contribution in [0.2, 0.25) is 0 Å². The number of hydrogen-bond acceptors (Lipinski definition) is 3. The fraction of sp³-hybridized carbons (Fsp3) is 0.619. The Kier molecular flexibility index (Phi) is 14.8. The number of nitrogens with one attached hydrogen (secondary N) is 3. The third-order valence-corrected chi connectivity index (χ3v) is 4.29. The summed E-state index contributed by atoms with van der Waals surface area (Å²) in [4.78, 5) is 18.8. The van der Waals surface area contributed by atoms with Gasteiger partial charge in [0.05, 0.1) is 0 Å². The van der Waals surface area contributed by atoms with E-state index in [1.165, 1.54) is 5.56 Å². The van der Waals surface area contributed by atoms with Crippen molar-refractivity contribution in [1.29, 1.82) is 0 Å². The van der Waals surface area contributed by atoms with Gasteiger partial charge in [0.1, 0.15) is 6.54 Å². The van der Waals surface area contributed by atoms with Gasteiger partial charge in [-0.2, -0.15) is 0 Å². The Labute approximate surface area is 188 Å². The molecule has 3 N–H and O–H groups in total. The van der Waals surface area contributed by atoms with Gasteiger partial charge in [0.25, 0.3) is 0 Å². The van der Waals surface area contributed by atoms with E-state index in [0.29, 0.717) is 24.6 Å². The van der Waals surface area contributed by atoms with Crippen molar-refractivity contribution in [2.45, 2.75) is 53.1 Å². The van der Waals surface area contributed by atoms with Crippen LogP contribution in [0.3, 0.4) is 0 Å². The Morgan fingerprint density at radius 2 is 1.64 bits per heavy atom. The van der Waals surface area contributed by atoms with Gasteiger partial charge in [0.15, 0.2) is 5.96 Å². The number of carbonyl (C=O) groups is 1. The highest BCUT2D eigenvalue weighted by atomic mass is 127. The maximum Gasteiger partial charge on any atom is 0.241 e. The van der Waals surface area contributed by atoms with Crippen molar-refractivity contribution >= 4 is 35.8 Å². The van der Waals surface area contributed by atoms with E-state index in [1.807, 2.05) is 25.1 Å². The number of halogens is 1. The van der Waals surface area contributed by atoms with Crippen LogP contribution >= 0.6 is 24.0 Å². The van der Waals surface area contributed by atoms with Crippen LogP contribution in [-0.4, -0.2) is 61.6 Å². The van der Waals surface area contributed by atoms with Crippen LogP contribution < -0.4 is 16.0 Å². The molecule has 6 nitrogen and oxygen atoms in total. The second-order valence-corrected chi connectivity index (χ2v) is 7.13. The minimum atomic E-state index is -0.0610. The molecule has 1 amide bonds. The largest absolute Gasteiger partial charge is 0.357 e. The molecule has 0 fully saturated rings. The molecule has 160 valence electrons. The lowest BCUT2D eigenvalue weighted by Gasteiger charge is -2.30. The predicted octanol–water partition coefficient (Wildman–Crippen LogP) is 2.64. The van der Waals surface area contributed by atoms with E-state index in [2.05, 4.69) is 65.7 Å². The molecule has 0 saturated heterocycles. The summed E-state index contributed by atoms with van der Waals surface area (Å²) in [5.74, 6) is 0.622. The van der Waals surface area contributed by atoms with E-state index < -0.39 is 0 Å². The van der Waals surface area contributed by atoms with Crippen LogP contribution in [0.1, 0.15) is 40.2 Å². The minimum absolute atomic E-state index is 0. The van der Waals surface area contributed by atoms with Crippen LogP contribution in [0.5, 0.6) is 0 Å². The van der Waals surface area contributed by atoms with Gasteiger partial charge in [-0.3, -0.25) is 9.69 Å². The zero-order valence-corrected chi connectivity index (χ0v) is 20.3. The molecule has 0 bridgehead atoms. The topological polar surface area (TPSA) is 68.8 Å². The standard InChI is InChI=1S/C21H37N5O.HI/c1-6-22-21(24-14-15-26(17(2)3)18(4)5)25-16-20(27)23-13-12-19-10-8-7-9-11-19;/h7-11,17-18H,6,12-16H2,1-5H3,(H,23,27)(H2,22,24,25);1H. The number of amides is 1. The lowest BCUT2D eigenvalue weighted by Crippen LogP contribution is -2.45. The lowest BCUT2D eigenvalue weighted by molar-refractivity contribution is -0.119. The van der Waals surface area contributed by atoms with Gasteiger partial charge in [0.2, 0.25) is 5.91 Å². The molecule has 7 heteroatoms. The van der Waals surface area contributed by atoms with E-state index in [1.54, 1.807) is 0 Å². The molecule has 0 unspecified atom stereocenters. The summed E-state index contributed by atoms with van der Waals surface area (Å²) in [6.07, 6.45) is 0.828. The molecule has 0 radical (unpaired) electrons. The van der Waals surface area contributed by atoms with Crippen molar-refractivity contribution < 1.29 is 4.79 Å². The van der Waals surface area contributed by atoms with Crippen molar-refractivity contribution in [3.05, 3.63) is 35.9 Å². The molecule has 0 heterocycles. The molecule has 28 heavy (non-hydrogen) atoms. The average molecular weight is 503 g/mol. The molecule has 0 aliphatic heterocycles. The van der Waals surface area contributed by atoms with Crippen molar-refractivity contribution in [3.8, 4) is 0 Å². The van der Waals surface area contributed by atoms with Crippen LogP contribution in [-0.2, 0) is 11.2 Å². The molecule has 1 aromatic carbocycles. The fourth-order valence-corrected chi connectivity index (χ4v) is 2.96. The minimum Gasteiger partial charge on any atom is -0.357 e. The molecule has 0 saturated carbocycles. The molecule has 0 spiro atoms. The number of rotatable bonds is 11. The first-order valence-electron chi connectivity index (χ1n) is 10.0. The first-order valence-corrected chi connectivity index (χ1v) is 10.0. The number of benzene rings is 1. The maximum atomic E-state index is 12.0. The summed E-state index contributed by atoms with van der Waals surface area (Å²) in [5, 5.41) is 9.43. The van der Waals surface area contributed by atoms with Gasteiger partial charge in [0, 0.05) is 38.3 Å². The second kappa shape index (κ2) is 15.6. The zero-order chi connectivity index (χ0) is 20.1. The summed E-state index contributed by atoms with van der Waals surface area (Å²) in [5.41, 5.74) is 1.22. The Morgan fingerprint density at radius 1 is 1.00 bits per heavy atom. The number of hydrogen-bond donors (Lipinski definition) is 3. The highest BCUT2D eigenvalue weighted by Gasteiger charge is 2.12. The highest BCUT2D eigenvalue weighted by Crippen LogP contribution is 2.03. The van der Waals surface area contributed by atoms with Crippen molar-refractivity contribution in [3.63, 3.8) is 0 Å². The van der Waals surface area contributed by atoms with Gasteiger partial charge in [-0.1, -0.05) is 30.3 Å². The van der Waals surface area contributed by atoms with E-state index in [9.17, 15) is 4.79 Å². The van der Waals surface area contributed by atoms with E-state index in [-0.39, 0.29) is 36.4 Å². The third-order valence-electron chi connectivity index (χ3n) is 4.29. The number of nitrogens with zero attached hydrogens (tertiary/aromatic N) is 2. The Balaban J connectivity index is 0.00000729. The summed E-state index contributed by atoms with van der Waals surface area (Å²) >= 11 is 0. The Morgan fingerprint density at radius 3 is 2.21 bits per heavy atom. The average Bonchev–Trinajstić information content (AvgIpc) is 2.63. The van der Waals surface area contributed by atoms with Crippen molar-refractivity contribution in [2.24, 2.45) is 4.99 Å². The molecular weight excluding hydrogens is 465 g/mol. The van der Waals surface area contributed by atoms with Crippen molar-refractivity contribution in [2.75, 3.05) is 32.7 Å². The zero-order valence-electron chi connectivity index (χ0n) is 18.0. The van der Waals surface area contributed by atoms with Crippen LogP contribution in [0.4, 0.5) is 0 Å². The SMILES string of the molecule is CCNC(=NCC(=O)NCCc1ccccc1)NCCN(C(C)C)C(C)C.I. The lowest BCUT2D eigenvalue weighted by atomic mass is 10.1. The summed E-state index contributed by atoms with van der Waals surface area (Å²) in [6, 6.07) is 11.1. The quantitative estimate of drug-likeness (QED) is 0.247. The Bertz CT molecular complexity index is 555. The van der Waals surface area contributed by atoms with Gasteiger partial charge in [-0.15, -0.1) is 24.0 Å². The van der Waals surface area contributed by atoms with Gasteiger partial charge >= 0.3 is 0 Å². The fourth-order valence-electron chi connectivity index (χ4n) is 2.96. The first-order chi connectivity index (χ1) is 12.9. The molecule has 1 aromatic rings. The van der Waals surface area contributed by atoms with Gasteiger partial charge < -0.3 is 16.0 Å². The number of carbonyl (C=O) groups excluding carboxylic acids is 1. The first kappa shape index (κ1) is 26.6. The number of aliphatic imine (C=N–C) groups is 1. The molecular formula is C21H38IN5O. The third kappa shape index (κ3) is 11.5. The normalized spacial score (nSPS) is 11.5. The molecule has 1 rings (SSSR count). The van der Waals surface area contributed by atoms with Crippen molar-refractivity contribution in [1.82, 2.24) is 20.9 Å². The van der Waals surface area contributed by atoms with E-state index in [0.717, 1.165) is 26.1 Å². The van der Waals surface area contributed by atoms with Crippen LogP contribution in [0.25, 0.3) is 0 Å². The monoisotopic (exact) mass is 503 g/mol. The van der Waals surface area contributed by atoms with Gasteiger partial charge in [-0.05, 0) is 46.6 Å². The second-order valence-electron chi connectivity index (χ2n) is 7.13. The Hall–Kier alpha value is -1.35. The highest BCUT2D eigenvalue weighted by molar-refractivity contribution is 14.0. The molecule has 0 aliphatic rings. The molecule has 0 atom stereocenters. The smallest absolute Gasteiger partial charge is 0.241 e. The summed E-state index contributed by atoms with van der Waals surface area (Å²) in [7, 11) is 0. The predicted molar refractivity (Wildman–Crippen MR) is 130 cm³/mol. The number of guanidine groups is 1. The van der Waals surface area contributed by atoms with Crippen LogP contribution in [0.15, 0.2) is 35.3 Å². The van der Waals surface area contributed by atoms with E-state index >= 15 is 0 Å². The summed E-state index contributed by atoms with van der Waals surface area (Å²) in [6.45, 7) is 14.1. The van der Waals surface area contributed by atoms with E-state index in [4.69, 9.17) is 0 Å². The van der Waals surface area contributed by atoms with Crippen LogP contribution in [0, 0.1) is 0 Å². The maximum absolute atomic E-state index is 12.0. The molecule has 0 aromatic heterocycles.